The van der Waals surface area contributed by atoms with Gasteiger partial charge in [-0.2, -0.15) is 0 Å². The fourth-order valence-corrected chi connectivity index (χ4v) is 4.93. The molecule has 0 radical (unpaired) electrons. The summed E-state index contributed by atoms with van der Waals surface area (Å²) in [4.78, 5) is 29.8. The van der Waals surface area contributed by atoms with Crippen molar-refractivity contribution in [2.45, 2.75) is 38.5 Å². The molecule has 0 spiro atoms. The molecule has 2 aliphatic heterocycles. The number of carbonyl (C=O) groups is 1. The summed E-state index contributed by atoms with van der Waals surface area (Å²) in [6, 6.07) is 3.22. The van der Waals surface area contributed by atoms with E-state index in [1.807, 2.05) is 11.5 Å². The van der Waals surface area contributed by atoms with Crippen molar-refractivity contribution in [3.05, 3.63) is 41.7 Å². The van der Waals surface area contributed by atoms with Crippen LogP contribution in [0, 0.1) is 12.7 Å². The van der Waals surface area contributed by atoms with Crippen molar-refractivity contribution in [1.82, 2.24) is 24.4 Å². The number of nitrogens with two attached hydrogens (primary N) is 2. The first-order chi connectivity index (χ1) is 16.3. The number of benzene rings is 1. The first-order valence-corrected chi connectivity index (χ1v) is 11.4. The number of halogens is 1. The third-order valence-electron chi connectivity index (χ3n) is 6.86. The SMILES string of the molecule is Cc1c(F)ccc(N2CC[C@](N)(C(=O)N3CCO[C@@H](C)C3)C2)c1Cn1cnc2c(N)ncnc21. The first-order valence-electron chi connectivity index (χ1n) is 11.4. The standard InChI is InChI=1S/C23H29FN8O2/c1-14-9-30(7-8-34-14)22(33)23(26)5-6-31(11-23)18-4-3-17(24)15(2)16(18)10-32-13-29-19-20(25)27-12-28-21(19)32/h3-4,12-14H,5-11,26H2,1-2H3,(H2,25,27,28)/t14-,23+/m0/s1. The number of anilines is 2. The van der Waals surface area contributed by atoms with E-state index in [0.29, 0.717) is 68.3 Å². The Morgan fingerprint density at radius 1 is 1.29 bits per heavy atom. The van der Waals surface area contributed by atoms with Gasteiger partial charge in [0.15, 0.2) is 11.5 Å². The number of nitrogens with zero attached hydrogens (tertiary/aromatic N) is 6. The van der Waals surface area contributed by atoms with Crippen molar-refractivity contribution in [3.63, 3.8) is 0 Å². The van der Waals surface area contributed by atoms with Gasteiger partial charge in [0, 0.05) is 37.4 Å². The second-order valence-corrected chi connectivity index (χ2v) is 9.23. The molecule has 2 aliphatic rings. The van der Waals surface area contributed by atoms with Crippen LogP contribution in [0.1, 0.15) is 24.5 Å². The van der Waals surface area contributed by atoms with Crippen LogP contribution in [0.2, 0.25) is 0 Å². The van der Waals surface area contributed by atoms with Crippen LogP contribution >= 0.6 is 0 Å². The number of morpholine rings is 1. The van der Waals surface area contributed by atoms with E-state index >= 15 is 0 Å². The van der Waals surface area contributed by atoms with Gasteiger partial charge >= 0.3 is 0 Å². The van der Waals surface area contributed by atoms with Gasteiger partial charge in [0.2, 0.25) is 5.91 Å². The predicted octanol–water partition coefficient (Wildman–Crippen LogP) is 1.06. The molecular weight excluding hydrogens is 439 g/mol. The lowest BCUT2D eigenvalue weighted by Crippen LogP contribution is -2.59. The number of hydrogen-bond acceptors (Lipinski definition) is 8. The highest BCUT2D eigenvalue weighted by atomic mass is 19.1. The Kier molecular flexibility index (Phi) is 5.61. The molecule has 1 aromatic carbocycles. The molecule has 0 unspecified atom stereocenters. The molecule has 1 amide bonds. The maximum atomic E-state index is 14.6. The molecule has 2 fully saturated rings. The molecule has 3 aromatic rings. The van der Waals surface area contributed by atoms with Crippen LogP contribution in [0.3, 0.4) is 0 Å². The highest BCUT2D eigenvalue weighted by molar-refractivity contribution is 5.88. The lowest BCUT2D eigenvalue weighted by molar-refractivity contribution is -0.143. The van der Waals surface area contributed by atoms with Gasteiger partial charge in [0.1, 0.15) is 23.2 Å². The zero-order valence-electron chi connectivity index (χ0n) is 19.4. The van der Waals surface area contributed by atoms with Gasteiger partial charge < -0.3 is 30.6 Å². The summed E-state index contributed by atoms with van der Waals surface area (Å²) >= 11 is 0. The predicted molar refractivity (Wildman–Crippen MR) is 126 cm³/mol. The van der Waals surface area contributed by atoms with E-state index < -0.39 is 5.54 Å². The molecule has 10 nitrogen and oxygen atoms in total. The summed E-state index contributed by atoms with van der Waals surface area (Å²) in [6.07, 6.45) is 3.53. The number of rotatable bonds is 4. The van der Waals surface area contributed by atoms with Crippen molar-refractivity contribution < 1.29 is 13.9 Å². The molecule has 0 aliphatic carbocycles. The summed E-state index contributed by atoms with van der Waals surface area (Å²) in [5.41, 5.74) is 14.8. The van der Waals surface area contributed by atoms with E-state index in [0.717, 1.165) is 11.3 Å². The molecule has 180 valence electrons. The molecule has 0 bridgehead atoms. The number of fused-ring (bicyclic) bond motifs is 1. The van der Waals surface area contributed by atoms with E-state index in [1.165, 1.54) is 12.4 Å². The fraction of sp³-hybridized carbons (Fsp3) is 0.478. The average molecular weight is 469 g/mol. The van der Waals surface area contributed by atoms with Gasteiger partial charge in [-0.05, 0) is 38.0 Å². The molecule has 4 N–H and O–H groups in total. The smallest absolute Gasteiger partial charge is 0.244 e. The number of aromatic nitrogens is 4. The van der Waals surface area contributed by atoms with Crippen LogP contribution in [-0.2, 0) is 16.1 Å². The van der Waals surface area contributed by atoms with Crippen LogP contribution in [-0.4, -0.2) is 74.8 Å². The van der Waals surface area contributed by atoms with Gasteiger partial charge in [-0.25, -0.2) is 19.3 Å². The number of imidazole rings is 1. The van der Waals surface area contributed by atoms with Crippen molar-refractivity contribution >= 4 is 28.6 Å². The molecule has 2 aromatic heterocycles. The number of amides is 1. The zero-order valence-corrected chi connectivity index (χ0v) is 19.4. The monoisotopic (exact) mass is 468 g/mol. The van der Waals surface area contributed by atoms with E-state index in [-0.39, 0.29) is 17.8 Å². The van der Waals surface area contributed by atoms with Gasteiger partial charge in [0.25, 0.3) is 0 Å². The summed E-state index contributed by atoms with van der Waals surface area (Å²) in [5.74, 6) is -0.0597. The second kappa shape index (κ2) is 8.48. The Morgan fingerprint density at radius 3 is 2.91 bits per heavy atom. The number of nitrogen functional groups attached to an aromatic ring is 1. The first kappa shape index (κ1) is 22.5. The normalized spacial score (nSPS) is 23.1. The van der Waals surface area contributed by atoms with Gasteiger partial charge in [-0.1, -0.05) is 0 Å². The number of ether oxygens (including phenoxy) is 1. The highest BCUT2D eigenvalue weighted by Gasteiger charge is 2.44. The van der Waals surface area contributed by atoms with E-state index in [2.05, 4.69) is 19.9 Å². The molecule has 0 saturated carbocycles. The quantitative estimate of drug-likeness (QED) is 0.582. The zero-order chi connectivity index (χ0) is 24.0. The Morgan fingerprint density at radius 2 is 2.12 bits per heavy atom. The van der Waals surface area contributed by atoms with Crippen molar-refractivity contribution in [3.8, 4) is 0 Å². The van der Waals surface area contributed by atoms with Crippen molar-refractivity contribution in [2.75, 3.05) is 43.4 Å². The number of carbonyl (C=O) groups excluding carboxylic acids is 1. The lowest BCUT2D eigenvalue weighted by Gasteiger charge is -2.36. The highest BCUT2D eigenvalue weighted by Crippen LogP contribution is 2.33. The average Bonchev–Trinajstić information content (AvgIpc) is 3.42. The molecule has 11 heteroatoms. The topological polar surface area (TPSA) is 128 Å². The maximum Gasteiger partial charge on any atom is 0.244 e. The van der Waals surface area contributed by atoms with E-state index in [1.54, 1.807) is 24.2 Å². The summed E-state index contributed by atoms with van der Waals surface area (Å²) in [6.45, 7) is 6.60. The Bertz CT molecular complexity index is 1250. The summed E-state index contributed by atoms with van der Waals surface area (Å²) in [5, 5.41) is 0. The second-order valence-electron chi connectivity index (χ2n) is 9.23. The van der Waals surface area contributed by atoms with Crippen LogP contribution in [0.25, 0.3) is 11.2 Å². The van der Waals surface area contributed by atoms with Crippen LogP contribution in [0.5, 0.6) is 0 Å². The van der Waals surface area contributed by atoms with Crippen LogP contribution in [0.15, 0.2) is 24.8 Å². The van der Waals surface area contributed by atoms with Crippen LogP contribution < -0.4 is 16.4 Å². The summed E-state index contributed by atoms with van der Waals surface area (Å²) < 4.78 is 22.0. The third kappa shape index (κ3) is 3.84. The van der Waals surface area contributed by atoms with Gasteiger partial charge in [-0.3, -0.25) is 4.79 Å². The van der Waals surface area contributed by atoms with Crippen molar-refractivity contribution in [2.24, 2.45) is 5.73 Å². The molecule has 4 heterocycles. The third-order valence-corrected chi connectivity index (χ3v) is 6.86. The van der Waals surface area contributed by atoms with Crippen LogP contribution in [0.4, 0.5) is 15.9 Å². The molecule has 2 atom stereocenters. The minimum absolute atomic E-state index is 0.00648. The summed E-state index contributed by atoms with van der Waals surface area (Å²) in [7, 11) is 0. The van der Waals surface area contributed by atoms with Gasteiger partial charge in [-0.15, -0.1) is 0 Å². The largest absolute Gasteiger partial charge is 0.382 e. The lowest BCUT2D eigenvalue weighted by atomic mass is 9.97. The minimum Gasteiger partial charge on any atom is -0.382 e. The minimum atomic E-state index is -1.00. The van der Waals surface area contributed by atoms with E-state index in [4.69, 9.17) is 16.2 Å². The Hall–Kier alpha value is -3.31. The van der Waals surface area contributed by atoms with Gasteiger partial charge in [0.05, 0.1) is 25.6 Å². The molecular formula is C23H29FN8O2. The number of hydrogen-bond donors (Lipinski definition) is 2. The Labute approximate surface area is 196 Å². The maximum absolute atomic E-state index is 14.6. The molecule has 34 heavy (non-hydrogen) atoms. The molecule has 5 rings (SSSR count). The van der Waals surface area contributed by atoms with E-state index in [9.17, 15) is 9.18 Å². The molecule has 2 saturated heterocycles. The van der Waals surface area contributed by atoms with Crippen molar-refractivity contribution in [1.29, 1.82) is 0 Å². The Balaban J connectivity index is 1.44. The fourth-order valence-electron chi connectivity index (χ4n) is 4.93.